The molecule has 0 aliphatic carbocycles. The van der Waals surface area contributed by atoms with Gasteiger partial charge in [0.2, 0.25) is 17.7 Å². The van der Waals surface area contributed by atoms with E-state index < -0.39 is 5.91 Å². The number of rotatable bonds is 4. The van der Waals surface area contributed by atoms with Crippen LogP contribution in [0, 0.1) is 0 Å². The van der Waals surface area contributed by atoms with Gasteiger partial charge in [-0.05, 0) is 36.4 Å². The van der Waals surface area contributed by atoms with Crippen LogP contribution in [-0.4, -0.2) is 41.1 Å². The molecule has 1 N–H and O–H groups in total. The topological polar surface area (TPSA) is 124 Å². The second-order valence-corrected chi connectivity index (χ2v) is 6.90. The highest BCUT2D eigenvalue weighted by atomic mass is 16.6. The van der Waals surface area contributed by atoms with E-state index >= 15 is 0 Å². The van der Waals surface area contributed by atoms with Gasteiger partial charge in [0.05, 0.1) is 5.69 Å². The minimum Gasteiger partial charge on any atom is -0.486 e. The van der Waals surface area contributed by atoms with Crippen molar-refractivity contribution in [3.8, 4) is 23.0 Å². The van der Waals surface area contributed by atoms with Crippen LogP contribution in [-0.2, 0) is 9.59 Å². The lowest BCUT2D eigenvalue weighted by Crippen LogP contribution is -2.28. The van der Waals surface area contributed by atoms with Crippen molar-refractivity contribution in [3.63, 3.8) is 0 Å². The molecule has 1 aromatic heterocycles. The molecule has 31 heavy (non-hydrogen) atoms. The molecular weight excluding hydrogens is 404 g/mol. The molecule has 1 saturated heterocycles. The summed E-state index contributed by atoms with van der Waals surface area (Å²) in [5.74, 6) is 0.327. The van der Waals surface area contributed by atoms with E-state index in [4.69, 9.17) is 13.9 Å². The molecule has 0 saturated carbocycles. The minimum absolute atomic E-state index is 0.0892. The number of imide groups is 1. The lowest BCUT2D eigenvalue weighted by molar-refractivity contribution is -0.121. The summed E-state index contributed by atoms with van der Waals surface area (Å²) in [6.45, 7) is 0.944. The van der Waals surface area contributed by atoms with Crippen molar-refractivity contribution >= 4 is 29.4 Å². The van der Waals surface area contributed by atoms with E-state index in [2.05, 4.69) is 15.5 Å². The Labute approximate surface area is 175 Å². The van der Waals surface area contributed by atoms with Gasteiger partial charge in [-0.2, -0.15) is 0 Å². The van der Waals surface area contributed by atoms with Gasteiger partial charge >= 0.3 is 6.01 Å². The third-order valence-corrected chi connectivity index (χ3v) is 4.85. The number of carbonyl (C=O) groups excluding carboxylic acids is 3. The highest BCUT2D eigenvalue weighted by molar-refractivity contribution is 6.20. The predicted molar refractivity (Wildman–Crippen MR) is 107 cm³/mol. The highest BCUT2D eigenvalue weighted by Crippen LogP contribution is 2.34. The molecule has 2 aliphatic rings. The minimum atomic E-state index is -0.515. The Bertz CT molecular complexity index is 1190. The maximum atomic E-state index is 12.6. The Balaban J connectivity index is 1.33. The molecule has 3 aromatic rings. The average Bonchev–Trinajstić information content (AvgIpc) is 3.39. The molecular formula is C21H16N4O6. The smallest absolute Gasteiger partial charge is 0.322 e. The maximum Gasteiger partial charge on any atom is 0.322 e. The van der Waals surface area contributed by atoms with E-state index in [0.717, 1.165) is 4.90 Å². The first kappa shape index (κ1) is 18.8. The molecule has 156 valence electrons. The normalized spacial score (nSPS) is 15.3. The number of hydrogen-bond donors (Lipinski definition) is 1. The van der Waals surface area contributed by atoms with Crippen molar-refractivity contribution < 1.29 is 28.3 Å². The van der Waals surface area contributed by atoms with E-state index in [0.29, 0.717) is 36.0 Å². The quantitative estimate of drug-likeness (QED) is 0.638. The molecule has 2 aliphatic heterocycles. The zero-order valence-electron chi connectivity index (χ0n) is 16.2. The number of hydrogen-bond acceptors (Lipinski definition) is 8. The molecule has 3 amide bonds. The van der Waals surface area contributed by atoms with E-state index in [1.807, 2.05) is 0 Å². The van der Waals surface area contributed by atoms with Crippen LogP contribution in [0.4, 0.5) is 11.7 Å². The number of amides is 3. The van der Waals surface area contributed by atoms with Crippen LogP contribution >= 0.6 is 0 Å². The van der Waals surface area contributed by atoms with Gasteiger partial charge in [-0.15, -0.1) is 5.10 Å². The van der Waals surface area contributed by atoms with Crippen LogP contribution in [0.2, 0.25) is 0 Å². The molecule has 0 bridgehead atoms. The SMILES string of the molecule is O=C(Nc1nnc(-c2ccc3c(c2)OCCO3)o1)c1cccc(N2C(=O)CCC2=O)c1. The number of anilines is 2. The second-order valence-electron chi connectivity index (χ2n) is 6.90. The summed E-state index contributed by atoms with van der Waals surface area (Å²) in [7, 11) is 0. The van der Waals surface area contributed by atoms with Gasteiger partial charge in [0.25, 0.3) is 5.91 Å². The van der Waals surface area contributed by atoms with Crippen LogP contribution in [0.15, 0.2) is 46.9 Å². The zero-order chi connectivity index (χ0) is 21.4. The first-order chi connectivity index (χ1) is 15.1. The fourth-order valence-corrected chi connectivity index (χ4v) is 3.39. The second kappa shape index (κ2) is 7.56. The fourth-order valence-electron chi connectivity index (χ4n) is 3.39. The van der Waals surface area contributed by atoms with Gasteiger partial charge in [-0.1, -0.05) is 11.2 Å². The molecule has 0 radical (unpaired) electrons. The fraction of sp³-hybridized carbons (Fsp3) is 0.190. The maximum absolute atomic E-state index is 12.6. The monoisotopic (exact) mass is 420 g/mol. The molecule has 0 unspecified atom stereocenters. The largest absolute Gasteiger partial charge is 0.486 e. The van der Waals surface area contributed by atoms with Crippen LogP contribution in [0.1, 0.15) is 23.2 Å². The van der Waals surface area contributed by atoms with Crippen molar-refractivity contribution in [1.29, 1.82) is 0 Å². The lowest BCUT2D eigenvalue weighted by atomic mass is 10.2. The number of benzene rings is 2. The predicted octanol–water partition coefficient (Wildman–Crippen LogP) is 2.41. The van der Waals surface area contributed by atoms with E-state index in [1.54, 1.807) is 36.4 Å². The first-order valence-corrected chi connectivity index (χ1v) is 9.59. The zero-order valence-corrected chi connectivity index (χ0v) is 16.2. The number of aromatic nitrogens is 2. The molecule has 1 fully saturated rings. The molecule has 3 heterocycles. The average molecular weight is 420 g/mol. The van der Waals surface area contributed by atoms with E-state index in [9.17, 15) is 14.4 Å². The number of fused-ring (bicyclic) bond motifs is 1. The number of nitrogens with zero attached hydrogens (tertiary/aromatic N) is 3. The van der Waals surface area contributed by atoms with Gasteiger partial charge in [-0.3, -0.25) is 24.6 Å². The Hall–Kier alpha value is -4.21. The van der Waals surface area contributed by atoms with Gasteiger partial charge in [0, 0.05) is 24.0 Å². The van der Waals surface area contributed by atoms with Crippen LogP contribution in [0.25, 0.3) is 11.5 Å². The number of nitrogens with one attached hydrogen (secondary N) is 1. The van der Waals surface area contributed by atoms with Crippen molar-refractivity contribution in [1.82, 2.24) is 10.2 Å². The first-order valence-electron chi connectivity index (χ1n) is 9.59. The van der Waals surface area contributed by atoms with E-state index in [1.165, 1.54) is 6.07 Å². The Morgan fingerprint density at radius 3 is 2.52 bits per heavy atom. The number of carbonyl (C=O) groups is 3. The van der Waals surface area contributed by atoms with Crippen molar-refractivity contribution in [2.24, 2.45) is 0 Å². The molecule has 2 aromatic carbocycles. The summed E-state index contributed by atoms with van der Waals surface area (Å²) in [4.78, 5) is 37.6. The summed E-state index contributed by atoms with van der Waals surface area (Å²) >= 11 is 0. The lowest BCUT2D eigenvalue weighted by Gasteiger charge is -2.18. The summed E-state index contributed by atoms with van der Waals surface area (Å²) < 4.78 is 16.6. The molecule has 5 rings (SSSR count). The molecule has 10 nitrogen and oxygen atoms in total. The van der Waals surface area contributed by atoms with Crippen molar-refractivity contribution in [2.75, 3.05) is 23.4 Å². The standard InChI is InChI=1S/C21H16N4O6/c26-17-6-7-18(27)25(17)14-3-1-2-12(10-14)19(28)22-21-24-23-20(31-21)13-4-5-15-16(11-13)30-9-8-29-15/h1-5,10-11H,6-9H2,(H,22,24,28). The molecule has 0 atom stereocenters. The van der Waals surface area contributed by atoms with Crippen LogP contribution < -0.4 is 19.7 Å². The Morgan fingerprint density at radius 2 is 1.71 bits per heavy atom. The summed E-state index contributed by atoms with van der Waals surface area (Å²) in [6, 6.07) is 11.4. The third-order valence-electron chi connectivity index (χ3n) is 4.85. The summed E-state index contributed by atoms with van der Waals surface area (Å²) in [5.41, 5.74) is 1.21. The van der Waals surface area contributed by atoms with Gasteiger partial charge in [0.1, 0.15) is 13.2 Å². The highest BCUT2D eigenvalue weighted by Gasteiger charge is 2.30. The van der Waals surface area contributed by atoms with Crippen LogP contribution in [0.3, 0.4) is 0 Å². The summed E-state index contributed by atoms with van der Waals surface area (Å²) in [5, 5.41) is 10.3. The Kier molecular flexibility index (Phi) is 4.58. The van der Waals surface area contributed by atoms with Crippen LogP contribution in [0.5, 0.6) is 11.5 Å². The number of ether oxygens (including phenoxy) is 2. The van der Waals surface area contributed by atoms with Gasteiger partial charge in [-0.25, -0.2) is 0 Å². The Morgan fingerprint density at radius 1 is 0.935 bits per heavy atom. The third kappa shape index (κ3) is 3.59. The van der Waals surface area contributed by atoms with E-state index in [-0.39, 0.29) is 42.1 Å². The molecule has 10 heteroatoms. The van der Waals surface area contributed by atoms with Gasteiger partial charge in [0.15, 0.2) is 11.5 Å². The molecule has 0 spiro atoms. The van der Waals surface area contributed by atoms with Gasteiger partial charge < -0.3 is 13.9 Å². The summed E-state index contributed by atoms with van der Waals surface area (Å²) in [6.07, 6.45) is 0.333. The van der Waals surface area contributed by atoms with Crippen molar-refractivity contribution in [3.05, 3.63) is 48.0 Å². The van der Waals surface area contributed by atoms with Crippen molar-refractivity contribution in [2.45, 2.75) is 12.8 Å².